The lowest BCUT2D eigenvalue weighted by Crippen LogP contribution is -2.29. The zero-order chi connectivity index (χ0) is 26.3. The lowest BCUT2D eigenvalue weighted by Gasteiger charge is -2.22. The third-order valence-corrected chi connectivity index (χ3v) is 5.28. The molecule has 0 unspecified atom stereocenters. The number of allylic oxidation sites excluding steroid dienone is 1. The first-order valence-electron chi connectivity index (χ1n) is 11.5. The number of amides is 2. The van der Waals surface area contributed by atoms with E-state index in [1.807, 2.05) is 0 Å². The molecule has 0 radical (unpaired) electrons. The molecule has 11 nitrogen and oxygen atoms in total. The van der Waals surface area contributed by atoms with Crippen LogP contribution in [0.1, 0.15) is 66.1 Å². The van der Waals surface area contributed by atoms with E-state index in [2.05, 4.69) is 15.7 Å². The van der Waals surface area contributed by atoms with E-state index in [4.69, 9.17) is 19.6 Å². The van der Waals surface area contributed by atoms with E-state index < -0.39 is 23.6 Å². The third-order valence-electron chi connectivity index (χ3n) is 5.28. The number of alkyl carbamates (subject to hydrolysis) is 1. The van der Waals surface area contributed by atoms with Gasteiger partial charge in [-0.2, -0.15) is 5.10 Å². The second-order valence-corrected chi connectivity index (χ2v) is 9.13. The van der Waals surface area contributed by atoms with Crippen LogP contribution in [0.5, 0.6) is 0 Å². The second kappa shape index (κ2) is 11.6. The Balaban J connectivity index is 1.80. The van der Waals surface area contributed by atoms with Gasteiger partial charge < -0.3 is 24.9 Å². The average Bonchev–Trinajstić information content (AvgIpc) is 3.27. The summed E-state index contributed by atoms with van der Waals surface area (Å²) in [6, 6.07) is 6.58. The molecule has 0 aliphatic carbocycles. The quantitative estimate of drug-likeness (QED) is 0.390. The minimum atomic E-state index is -0.664. The molecule has 1 aliphatic rings. The Morgan fingerprint density at radius 1 is 1.19 bits per heavy atom. The number of nitrogens with zero attached hydrogens (tertiary/aromatic N) is 2. The van der Waals surface area contributed by atoms with Crippen molar-refractivity contribution in [1.29, 1.82) is 5.41 Å². The van der Waals surface area contributed by atoms with Gasteiger partial charge in [-0.15, -0.1) is 0 Å². The fraction of sp³-hybridized carbons (Fsp3) is 0.400. The summed E-state index contributed by atoms with van der Waals surface area (Å²) in [5.74, 6) is -1.13. The van der Waals surface area contributed by atoms with Crippen LogP contribution < -0.4 is 10.6 Å². The number of hydrogen-bond donors (Lipinski definition) is 3. The molecule has 11 heteroatoms. The molecular formula is C25H31N5O6. The van der Waals surface area contributed by atoms with Gasteiger partial charge in [0.1, 0.15) is 5.60 Å². The molecule has 0 spiro atoms. The zero-order valence-corrected chi connectivity index (χ0v) is 20.8. The molecule has 1 aliphatic heterocycles. The summed E-state index contributed by atoms with van der Waals surface area (Å²) in [4.78, 5) is 37.3. The highest BCUT2D eigenvalue weighted by Gasteiger charge is 2.24. The Morgan fingerprint density at radius 2 is 1.89 bits per heavy atom. The van der Waals surface area contributed by atoms with Gasteiger partial charge >= 0.3 is 12.1 Å². The fourth-order valence-electron chi connectivity index (χ4n) is 3.55. The topological polar surface area (TPSA) is 145 Å². The van der Waals surface area contributed by atoms with Crippen molar-refractivity contribution in [3.8, 4) is 0 Å². The van der Waals surface area contributed by atoms with Gasteiger partial charge in [-0.05, 0) is 51.3 Å². The van der Waals surface area contributed by atoms with Crippen molar-refractivity contribution in [3.05, 3.63) is 53.5 Å². The number of nitrogens with one attached hydrogen (secondary N) is 3. The first kappa shape index (κ1) is 26.6. The Bertz CT molecular complexity index is 1160. The summed E-state index contributed by atoms with van der Waals surface area (Å²) in [6.45, 7) is 6.43. The predicted molar refractivity (Wildman–Crippen MR) is 133 cm³/mol. The maximum absolute atomic E-state index is 13.1. The van der Waals surface area contributed by atoms with Crippen molar-refractivity contribution in [3.63, 3.8) is 0 Å². The van der Waals surface area contributed by atoms with Crippen LogP contribution in [0.4, 0.5) is 10.5 Å². The van der Waals surface area contributed by atoms with Crippen LogP contribution in [-0.2, 0) is 14.2 Å². The Hall–Kier alpha value is -3.99. The van der Waals surface area contributed by atoms with E-state index in [1.165, 1.54) is 13.3 Å². The molecule has 1 aromatic carbocycles. The van der Waals surface area contributed by atoms with E-state index in [0.717, 1.165) is 19.1 Å². The molecule has 0 saturated carbocycles. The summed E-state index contributed by atoms with van der Waals surface area (Å²) >= 11 is 0. The molecule has 2 aromatic rings. The van der Waals surface area contributed by atoms with Gasteiger partial charge in [0.05, 0.1) is 18.8 Å². The fourth-order valence-corrected chi connectivity index (χ4v) is 3.55. The number of methoxy groups -OCH3 is 1. The SMILES string of the molecule is COC(=O)c1nn(C2CCOCC2)cc1NC(=O)c1cccc(/C(C=N)=C/NC(=O)OC(C)(C)C)c1. The van der Waals surface area contributed by atoms with Crippen molar-refractivity contribution in [2.75, 3.05) is 25.6 Å². The van der Waals surface area contributed by atoms with E-state index in [9.17, 15) is 14.4 Å². The average molecular weight is 498 g/mol. The molecule has 1 aromatic heterocycles. The van der Waals surface area contributed by atoms with Gasteiger partial charge in [-0.25, -0.2) is 9.59 Å². The molecule has 1 fully saturated rings. The summed E-state index contributed by atoms with van der Waals surface area (Å²) in [6.07, 6.45) is 4.85. The lowest BCUT2D eigenvalue weighted by atomic mass is 10.0. The van der Waals surface area contributed by atoms with Gasteiger partial charge in [0.25, 0.3) is 5.91 Å². The molecule has 3 N–H and O–H groups in total. The highest BCUT2D eigenvalue weighted by molar-refractivity contribution is 6.11. The van der Waals surface area contributed by atoms with Crippen molar-refractivity contribution in [2.45, 2.75) is 45.3 Å². The summed E-state index contributed by atoms with van der Waals surface area (Å²) < 4.78 is 17.1. The van der Waals surface area contributed by atoms with E-state index >= 15 is 0 Å². The van der Waals surface area contributed by atoms with E-state index in [1.54, 1.807) is 55.9 Å². The molecule has 2 heterocycles. The number of aromatic nitrogens is 2. The van der Waals surface area contributed by atoms with E-state index in [0.29, 0.717) is 24.4 Å². The van der Waals surface area contributed by atoms with Crippen LogP contribution in [0, 0.1) is 5.41 Å². The van der Waals surface area contributed by atoms with Crippen molar-refractivity contribution in [1.82, 2.24) is 15.1 Å². The highest BCUT2D eigenvalue weighted by Crippen LogP contribution is 2.25. The van der Waals surface area contributed by atoms with Gasteiger partial charge in [0.2, 0.25) is 0 Å². The number of carbonyl (C=O) groups excluding carboxylic acids is 3. The molecule has 3 rings (SSSR count). The molecule has 0 atom stereocenters. The number of ether oxygens (including phenoxy) is 3. The van der Waals surface area contributed by atoms with Gasteiger partial charge in [0.15, 0.2) is 5.69 Å². The van der Waals surface area contributed by atoms with Gasteiger partial charge in [0, 0.05) is 43.0 Å². The minimum Gasteiger partial charge on any atom is -0.464 e. The molecule has 192 valence electrons. The van der Waals surface area contributed by atoms with Gasteiger partial charge in [-0.1, -0.05) is 12.1 Å². The largest absolute Gasteiger partial charge is 0.464 e. The molecular weight excluding hydrogens is 466 g/mol. The Labute approximate surface area is 209 Å². The van der Waals surface area contributed by atoms with Crippen molar-refractivity contribution >= 4 is 35.4 Å². The number of rotatable bonds is 7. The maximum Gasteiger partial charge on any atom is 0.411 e. The number of anilines is 1. The Morgan fingerprint density at radius 3 is 2.53 bits per heavy atom. The Kier molecular flexibility index (Phi) is 8.59. The van der Waals surface area contributed by atoms with Crippen molar-refractivity contribution < 1.29 is 28.6 Å². The summed E-state index contributed by atoms with van der Waals surface area (Å²) in [5, 5.41) is 17.3. The van der Waals surface area contributed by atoms with Crippen LogP contribution in [0.3, 0.4) is 0 Å². The molecule has 36 heavy (non-hydrogen) atoms. The number of benzene rings is 1. The molecule has 0 bridgehead atoms. The van der Waals surface area contributed by atoms with Crippen LogP contribution in [0.25, 0.3) is 5.57 Å². The number of hydrogen-bond acceptors (Lipinski definition) is 8. The second-order valence-electron chi connectivity index (χ2n) is 9.13. The summed E-state index contributed by atoms with van der Waals surface area (Å²) in [7, 11) is 1.25. The smallest absolute Gasteiger partial charge is 0.411 e. The van der Waals surface area contributed by atoms with Crippen LogP contribution in [-0.4, -0.2) is 59.9 Å². The number of esters is 1. The lowest BCUT2D eigenvalue weighted by molar-refractivity contribution is 0.0549. The van der Waals surface area contributed by atoms with Crippen LogP contribution in [0.15, 0.2) is 36.7 Å². The zero-order valence-electron chi connectivity index (χ0n) is 20.8. The molecule has 2 amide bonds. The first-order chi connectivity index (χ1) is 17.1. The van der Waals surface area contributed by atoms with Crippen LogP contribution >= 0.6 is 0 Å². The standard InChI is InChI=1S/C25H31N5O6/c1-25(2,3)36-24(33)27-14-18(13-26)16-6-5-7-17(12-16)22(31)28-20-15-30(19-8-10-35-11-9-19)29-21(20)23(32)34-4/h5-7,12-15,19,26H,8-11H2,1-4H3,(H,27,33)(H,28,31)/b18-14+,26-13?. The number of carbonyl (C=O) groups is 3. The first-order valence-corrected chi connectivity index (χ1v) is 11.5. The minimum absolute atomic E-state index is 0.00938. The molecule has 1 saturated heterocycles. The highest BCUT2D eigenvalue weighted by atomic mass is 16.6. The predicted octanol–water partition coefficient (Wildman–Crippen LogP) is 3.79. The van der Waals surface area contributed by atoms with Crippen molar-refractivity contribution in [2.24, 2.45) is 0 Å². The maximum atomic E-state index is 13.1. The van der Waals surface area contributed by atoms with Gasteiger partial charge in [-0.3, -0.25) is 14.8 Å². The monoisotopic (exact) mass is 497 g/mol. The summed E-state index contributed by atoms with van der Waals surface area (Å²) in [5.41, 5.74) is 0.751. The third kappa shape index (κ3) is 7.01. The van der Waals surface area contributed by atoms with Crippen LogP contribution in [0.2, 0.25) is 0 Å². The van der Waals surface area contributed by atoms with E-state index in [-0.39, 0.29) is 23.0 Å². The normalized spacial score (nSPS) is 14.6.